The van der Waals surface area contributed by atoms with Crippen LogP contribution in [-0.2, 0) is 24.1 Å². The molecule has 0 radical (unpaired) electrons. The number of hydrogen-bond acceptors (Lipinski definition) is 4. The maximum absolute atomic E-state index is 12.6. The monoisotopic (exact) mass is 445 g/mol. The molecule has 2 aromatic rings. The minimum Gasteiger partial charge on any atom is -0.492 e. The fourth-order valence-corrected chi connectivity index (χ4v) is 3.96. The second-order valence-electron chi connectivity index (χ2n) is 7.52. The molecule has 1 saturated heterocycles. The van der Waals surface area contributed by atoms with Gasteiger partial charge in [0.15, 0.2) is 0 Å². The Balaban J connectivity index is 1.51. The number of amides is 2. The molecule has 0 unspecified atom stereocenters. The number of benzene rings is 2. The smallest absolute Gasteiger partial charge is 0.319 e. The Kier molecular flexibility index (Phi) is 9.00. The highest BCUT2D eigenvalue weighted by Gasteiger charge is 2.13. The topological polar surface area (TPSA) is 62.8 Å². The summed E-state index contributed by atoms with van der Waals surface area (Å²) in [6.45, 7) is 9.51. The molecule has 2 amide bonds. The minimum absolute atomic E-state index is 0.245. The molecule has 2 N–H and O–H groups in total. The van der Waals surface area contributed by atoms with Crippen LogP contribution in [0.2, 0.25) is 5.02 Å². The van der Waals surface area contributed by atoms with E-state index in [9.17, 15) is 4.79 Å². The van der Waals surface area contributed by atoms with Crippen LogP contribution in [0.5, 0.6) is 5.75 Å². The SMILES string of the molecule is CCc1ccc(Cl)c(CC)c1NC(=O)NCc1cccc(OCCN2CCOCC2)c1. The van der Waals surface area contributed by atoms with Crippen LogP contribution in [0.25, 0.3) is 0 Å². The second kappa shape index (κ2) is 11.9. The lowest BCUT2D eigenvalue weighted by Gasteiger charge is -2.26. The molecule has 1 aliphatic heterocycles. The number of ether oxygens (including phenoxy) is 2. The highest BCUT2D eigenvalue weighted by atomic mass is 35.5. The van der Waals surface area contributed by atoms with Gasteiger partial charge in [-0.15, -0.1) is 0 Å². The van der Waals surface area contributed by atoms with Crippen molar-refractivity contribution in [3.8, 4) is 5.75 Å². The van der Waals surface area contributed by atoms with Crippen LogP contribution in [0.3, 0.4) is 0 Å². The number of hydrogen-bond donors (Lipinski definition) is 2. The van der Waals surface area contributed by atoms with Gasteiger partial charge in [-0.25, -0.2) is 4.79 Å². The molecular formula is C24H32ClN3O3. The number of anilines is 1. The largest absolute Gasteiger partial charge is 0.492 e. The minimum atomic E-state index is -0.245. The third-order valence-corrected chi connectivity index (χ3v) is 5.80. The van der Waals surface area contributed by atoms with Crippen molar-refractivity contribution in [3.63, 3.8) is 0 Å². The first-order valence-electron chi connectivity index (χ1n) is 11.0. The summed E-state index contributed by atoms with van der Waals surface area (Å²) in [5.74, 6) is 0.810. The molecule has 0 saturated carbocycles. The summed E-state index contributed by atoms with van der Waals surface area (Å²) in [4.78, 5) is 14.9. The molecule has 168 valence electrons. The average Bonchev–Trinajstić information content (AvgIpc) is 2.79. The highest BCUT2D eigenvalue weighted by molar-refractivity contribution is 6.31. The first kappa shape index (κ1) is 23.4. The van der Waals surface area contributed by atoms with E-state index in [2.05, 4.69) is 22.5 Å². The molecule has 3 rings (SSSR count). The number of carbonyl (C=O) groups is 1. The molecule has 7 heteroatoms. The van der Waals surface area contributed by atoms with Crippen LogP contribution < -0.4 is 15.4 Å². The van der Waals surface area contributed by atoms with Crippen LogP contribution in [0.4, 0.5) is 10.5 Å². The van der Waals surface area contributed by atoms with Crippen LogP contribution in [0.15, 0.2) is 36.4 Å². The summed E-state index contributed by atoms with van der Waals surface area (Å²) < 4.78 is 11.3. The average molecular weight is 446 g/mol. The summed E-state index contributed by atoms with van der Waals surface area (Å²) in [6, 6.07) is 11.4. The van der Waals surface area contributed by atoms with Gasteiger partial charge in [-0.1, -0.05) is 43.6 Å². The van der Waals surface area contributed by atoms with Crippen LogP contribution in [-0.4, -0.2) is 50.4 Å². The van der Waals surface area contributed by atoms with Gasteiger partial charge < -0.3 is 20.1 Å². The van der Waals surface area contributed by atoms with Gasteiger partial charge >= 0.3 is 6.03 Å². The van der Waals surface area contributed by atoms with Gasteiger partial charge in [0.05, 0.1) is 18.9 Å². The van der Waals surface area contributed by atoms with E-state index in [1.165, 1.54) is 0 Å². The lowest BCUT2D eigenvalue weighted by Crippen LogP contribution is -2.38. The molecule has 31 heavy (non-hydrogen) atoms. The molecule has 1 heterocycles. The molecule has 2 aromatic carbocycles. The first-order chi connectivity index (χ1) is 15.1. The van der Waals surface area contributed by atoms with Crippen molar-refractivity contribution in [3.05, 3.63) is 58.1 Å². The highest BCUT2D eigenvalue weighted by Crippen LogP contribution is 2.29. The molecule has 0 atom stereocenters. The Morgan fingerprint density at radius 3 is 2.71 bits per heavy atom. The molecular weight excluding hydrogens is 414 g/mol. The fourth-order valence-electron chi connectivity index (χ4n) is 3.67. The van der Waals surface area contributed by atoms with Crippen molar-refractivity contribution in [2.45, 2.75) is 33.2 Å². The van der Waals surface area contributed by atoms with Crippen molar-refractivity contribution in [2.75, 3.05) is 44.8 Å². The van der Waals surface area contributed by atoms with Gasteiger partial charge in [-0.2, -0.15) is 0 Å². The van der Waals surface area contributed by atoms with E-state index in [0.29, 0.717) is 18.2 Å². The van der Waals surface area contributed by atoms with E-state index >= 15 is 0 Å². The van der Waals surface area contributed by atoms with Crippen molar-refractivity contribution < 1.29 is 14.3 Å². The summed E-state index contributed by atoms with van der Waals surface area (Å²) in [7, 11) is 0. The Labute approximate surface area is 189 Å². The van der Waals surface area contributed by atoms with Crippen molar-refractivity contribution in [1.82, 2.24) is 10.2 Å². The van der Waals surface area contributed by atoms with Gasteiger partial charge in [0, 0.05) is 31.2 Å². The van der Waals surface area contributed by atoms with Crippen LogP contribution in [0.1, 0.15) is 30.5 Å². The van der Waals surface area contributed by atoms with Crippen LogP contribution in [0, 0.1) is 0 Å². The van der Waals surface area contributed by atoms with E-state index in [1.54, 1.807) is 0 Å². The van der Waals surface area contributed by atoms with Gasteiger partial charge in [-0.3, -0.25) is 4.90 Å². The molecule has 6 nitrogen and oxygen atoms in total. The molecule has 0 bridgehead atoms. The Bertz CT molecular complexity index is 869. The standard InChI is InChI=1S/C24H32ClN3O3/c1-3-19-8-9-22(25)21(4-2)23(19)27-24(29)26-17-18-6-5-7-20(16-18)31-15-12-28-10-13-30-14-11-28/h5-9,16H,3-4,10-15,17H2,1-2H3,(H2,26,27,29). The van der Waals surface area contributed by atoms with Crippen LogP contribution >= 0.6 is 11.6 Å². The number of halogens is 1. The number of urea groups is 1. The zero-order chi connectivity index (χ0) is 22.1. The third-order valence-electron chi connectivity index (χ3n) is 5.45. The molecule has 0 spiro atoms. The molecule has 1 fully saturated rings. The number of aryl methyl sites for hydroxylation is 1. The normalized spacial score (nSPS) is 14.3. The van der Waals surface area contributed by atoms with E-state index in [1.807, 2.05) is 43.3 Å². The van der Waals surface area contributed by atoms with Gasteiger partial charge in [0.1, 0.15) is 12.4 Å². The number of nitrogens with one attached hydrogen (secondary N) is 2. The maximum Gasteiger partial charge on any atom is 0.319 e. The van der Waals surface area contributed by atoms with E-state index in [-0.39, 0.29) is 6.03 Å². The van der Waals surface area contributed by atoms with E-state index in [0.717, 1.165) is 73.8 Å². The summed E-state index contributed by atoms with van der Waals surface area (Å²) >= 11 is 6.33. The van der Waals surface area contributed by atoms with Crippen molar-refractivity contribution in [1.29, 1.82) is 0 Å². The predicted molar refractivity (Wildman–Crippen MR) is 125 cm³/mol. The Morgan fingerprint density at radius 1 is 1.16 bits per heavy atom. The lowest BCUT2D eigenvalue weighted by molar-refractivity contribution is 0.0322. The quantitative estimate of drug-likeness (QED) is 0.596. The Hall–Kier alpha value is -2.28. The summed E-state index contributed by atoms with van der Waals surface area (Å²) in [6.07, 6.45) is 1.58. The lowest BCUT2D eigenvalue weighted by atomic mass is 10.0. The zero-order valence-electron chi connectivity index (χ0n) is 18.4. The van der Waals surface area contributed by atoms with E-state index < -0.39 is 0 Å². The van der Waals surface area contributed by atoms with Crippen molar-refractivity contribution in [2.24, 2.45) is 0 Å². The number of nitrogens with zero attached hydrogens (tertiary/aromatic N) is 1. The van der Waals surface area contributed by atoms with Gasteiger partial charge in [-0.05, 0) is 47.7 Å². The third kappa shape index (κ3) is 6.86. The molecule has 1 aliphatic rings. The number of rotatable bonds is 9. The van der Waals surface area contributed by atoms with E-state index in [4.69, 9.17) is 21.1 Å². The first-order valence-corrected chi connectivity index (χ1v) is 11.4. The fraction of sp³-hybridized carbons (Fsp3) is 0.458. The van der Waals surface area contributed by atoms with Crippen molar-refractivity contribution >= 4 is 23.3 Å². The molecule has 0 aromatic heterocycles. The summed E-state index contributed by atoms with van der Waals surface area (Å²) in [5, 5.41) is 6.61. The predicted octanol–water partition coefficient (Wildman–Crippen LogP) is 4.50. The number of carbonyl (C=O) groups excluding carboxylic acids is 1. The maximum atomic E-state index is 12.6. The second-order valence-corrected chi connectivity index (χ2v) is 7.93. The zero-order valence-corrected chi connectivity index (χ0v) is 19.1. The van der Waals surface area contributed by atoms with Gasteiger partial charge in [0.25, 0.3) is 0 Å². The number of morpholine rings is 1. The Morgan fingerprint density at radius 2 is 1.97 bits per heavy atom. The van der Waals surface area contributed by atoms with Gasteiger partial charge in [0.2, 0.25) is 0 Å². The molecule has 0 aliphatic carbocycles. The summed E-state index contributed by atoms with van der Waals surface area (Å²) in [5.41, 5.74) is 3.84.